The van der Waals surface area contributed by atoms with Gasteiger partial charge in [-0.1, -0.05) is 19.3 Å². The van der Waals surface area contributed by atoms with Gasteiger partial charge in [-0.15, -0.1) is 0 Å². The van der Waals surface area contributed by atoms with E-state index in [1.807, 2.05) is 0 Å². The minimum absolute atomic E-state index is 1.07. The third kappa shape index (κ3) is 1.94. The van der Waals surface area contributed by atoms with Crippen molar-refractivity contribution in [2.75, 3.05) is 19.6 Å². The monoisotopic (exact) mass is 154 g/mol. The summed E-state index contributed by atoms with van der Waals surface area (Å²) in [5.41, 5.74) is 3.39. The van der Waals surface area contributed by atoms with Gasteiger partial charge in [0.05, 0.1) is 0 Å². The summed E-state index contributed by atoms with van der Waals surface area (Å²) in [5.74, 6) is 1.07. The zero-order chi connectivity index (χ0) is 7.52. The highest BCUT2D eigenvalue weighted by atomic mass is 15.5. The Hall–Kier alpha value is -0.0800. The highest BCUT2D eigenvalue weighted by Crippen LogP contribution is 2.29. The van der Waals surface area contributed by atoms with E-state index in [0.29, 0.717) is 0 Å². The van der Waals surface area contributed by atoms with Crippen molar-refractivity contribution in [1.29, 1.82) is 0 Å². The molecule has 1 saturated carbocycles. The smallest absolute Gasteiger partial charge is 0.0143 e. The molecule has 64 valence electrons. The lowest BCUT2D eigenvalue weighted by Gasteiger charge is -2.27. The molecule has 1 N–H and O–H groups in total. The van der Waals surface area contributed by atoms with Gasteiger partial charge in [-0.3, -0.25) is 5.43 Å². The molecule has 2 nitrogen and oxygen atoms in total. The van der Waals surface area contributed by atoms with Gasteiger partial charge >= 0.3 is 0 Å². The Labute approximate surface area is 68.9 Å². The van der Waals surface area contributed by atoms with Crippen LogP contribution in [0.5, 0.6) is 0 Å². The van der Waals surface area contributed by atoms with Gasteiger partial charge in [0.1, 0.15) is 0 Å². The maximum atomic E-state index is 3.39. The van der Waals surface area contributed by atoms with Crippen LogP contribution in [0.25, 0.3) is 0 Å². The topological polar surface area (TPSA) is 15.3 Å². The second-order valence-corrected chi connectivity index (χ2v) is 3.83. The summed E-state index contributed by atoms with van der Waals surface area (Å²) in [4.78, 5) is 0. The van der Waals surface area contributed by atoms with E-state index in [-0.39, 0.29) is 0 Å². The average molecular weight is 154 g/mol. The van der Waals surface area contributed by atoms with Gasteiger partial charge in [0.15, 0.2) is 0 Å². The Morgan fingerprint density at radius 3 is 2.73 bits per heavy atom. The maximum absolute atomic E-state index is 3.39. The zero-order valence-corrected chi connectivity index (χ0v) is 7.18. The molecule has 2 heteroatoms. The average Bonchev–Trinajstić information content (AvgIpc) is 2.36. The second-order valence-electron chi connectivity index (χ2n) is 3.83. The van der Waals surface area contributed by atoms with Crippen LogP contribution in [0.3, 0.4) is 0 Å². The molecule has 11 heavy (non-hydrogen) atoms. The van der Waals surface area contributed by atoms with E-state index in [0.717, 1.165) is 5.92 Å². The molecule has 1 heterocycles. The van der Waals surface area contributed by atoms with Crippen molar-refractivity contribution < 1.29 is 0 Å². The summed E-state index contributed by atoms with van der Waals surface area (Å²) in [6.07, 6.45) is 7.23. The van der Waals surface area contributed by atoms with Crippen molar-refractivity contribution in [3.63, 3.8) is 0 Å². The quantitative estimate of drug-likeness (QED) is 0.661. The molecule has 1 aliphatic heterocycles. The van der Waals surface area contributed by atoms with Crippen molar-refractivity contribution in [1.82, 2.24) is 10.4 Å². The third-order valence-electron chi connectivity index (χ3n) is 2.97. The van der Waals surface area contributed by atoms with E-state index in [2.05, 4.69) is 10.4 Å². The van der Waals surface area contributed by atoms with Gasteiger partial charge in [0, 0.05) is 19.6 Å². The van der Waals surface area contributed by atoms with Gasteiger partial charge in [0.25, 0.3) is 0 Å². The van der Waals surface area contributed by atoms with Gasteiger partial charge in [-0.25, -0.2) is 5.01 Å². The van der Waals surface area contributed by atoms with E-state index >= 15 is 0 Å². The first kappa shape index (κ1) is 7.56. The summed E-state index contributed by atoms with van der Waals surface area (Å²) < 4.78 is 0. The molecular weight excluding hydrogens is 136 g/mol. The minimum atomic E-state index is 1.07. The van der Waals surface area contributed by atoms with Crippen molar-refractivity contribution in [3.8, 4) is 0 Å². The Kier molecular flexibility index (Phi) is 2.44. The Morgan fingerprint density at radius 2 is 2.18 bits per heavy atom. The van der Waals surface area contributed by atoms with E-state index in [9.17, 15) is 0 Å². The van der Waals surface area contributed by atoms with Crippen LogP contribution in [-0.4, -0.2) is 24.6 Å². The Morgan fingerprint density at radius 1 is 1.27 bits per heavy atom. The van der Waals surface area contributed by atoms with E-state index < -0.39 is 0 Å². The first-order valence-corrected chi connectivity index (χ1v) is 4.93. The van der Waals surface area contributed by atoms with Crippen LogP contribution >= 0.6 is 0 Å². The number of nitrogens with one attached hydrogen (secondary N) is 1. The Balaban J connectivity index is 1.57. The van der Waals surface area contributed by atoms with E-state index in [4.69, 9.17) is 0 Å². The molecule has 0 aromatic carbocycles. The van der Waals surface area contributed by atoms with E-state index in [1.165, 1.54) is 51.7 Å². The molecule has 2 fully saturated rings. The van der Waals surface area contributed by atoms with Gasteiger partial charge in [-0.2, -0.15) is 0 Å². The predicted octanol–water partition coefficient (Wildman–Crippen LogP) is 1.39. The highest BCUT2D eigenvalue weighted by Gasteiger charge is 2.19. The van der Waals surface area contributed by atoms with Crippen LogP contribution in [-0.2, 0) is 0 Å². The molecule has 0 aromatic rings. The van der Waals surface area contributed by atoms with Gasteiger partial charge < -0.3 is 0 Å². The molecule has 0 amide bonds. The lowest BCUT2D eigenvalue weighted by molar-refractivity contribution is 0.200. The molecule has 0 unspecified atom stereocenters. The largest absolute Gasteiger partial charge is 0.255 e. The minimum Gasteiger partial charge on any atom is -0.255 e. The fourth-order valence-electron chi connectivity index (χ4n) is 1.90. The van der Waals surface area contributed by atoms with Crippen molar-refractivity contribution in [2.45, 2.75) is 32.1 Å². The van der Waals surface area contributed by atoms with Crippen LogP contribution < -0.4 is 5.43 Å². The summed E-state index contributed by atoms with van der Waals surface area (Å²) in [7, 11) is 0. The van der Waals surface area contributed by atoms with Crippen molar-refractivity contribution in [2.24, 2.45) is 5.92 Å². The number of hydrazine groups is 1. The highest BCUT2D eigenvalue weighted by molar-refractivity contribution is 4.71. The maximum Gasteiger partial charge on any atom is 0.0143 e. The third-order valence-corrected chi connectivity index (χ3v) is 2.97. The lowest BCUT2D eigenvalue weighted by atomic mass is 9.83. The molecule has 0 bridgehead atoms. The summed E-state index contributed by atoms with van der Waals surface area (Å²) in [5, 5.41) is 2.39. The normalized spacial score (nSPS) is 27.3. The number of rotatable bonds is 3. The number of nitrogens with zero attached hydrogens (tertiary/aromatic N) is 1. The first-order valence-electron chi connectivity index (χ1n) is 4.93. The molecule has 2 aliphatic rings. The Bertz CT molecular complexity index is 115. The molecule has 0 aromatic heterocycles. The van der Waals surface area contributed by atoms with Crippen LogP contribution in [0.2, 0.25) is 0 Å². The van der Waals surface area contributed by atoms with Crippen molar-refractivity contribution in [3.05, 3.63) is 0 Å². The SMILES string of the molecule is C1CC(CCN2CCCN2)C1. The molecule has 0 radical (unpaired) electrons. The predicted molar refractivity (Wildman–Crippen MR) is 46.2 cm³/mol. The first-order chi connectivity index (χ1) is 5.45. The fraction of sp³-hybridized carbons (Fsp3) is 1.00. The van der Waals surface area contributed by atoms with Crippen LogP contribution in [0, 0.1) is 5.92 Å². The van der Waals surface area contributed by atoms with Crippen LogP contribution in [0.4, 0.5) is 0 Å². The van der Waals surface area contributed by atoms with Crippen LogP contribution in [0.15, 0.2) is 0 Å². The van der Waals surface area contributed by atoms with E-state index in [1.54, 1.807) is 0 Å². The molecule has 0 atom stereocenters. The molecule has 1 saturated heterocycles. The van der Waals surface area contributed by atoms with Gasteiger partial charge in [-0.05, 0) is 18.8 Å². The standard InChI is InChI=1S/C9H18N2/c1-3-9(4-1)5-8-11-7-2-6-10-11/h9-10H,1-8H2. The lowest BCUT2D eigenvalue weighted by Crippen LogP contribution is -2.33. The zero-order valence-electron chi connectivity index (χ0n) is 7.18. The number of hydrogen-bond donors (Lipinski definition) is 1. The van der Waals surface area contributed by atoms with Crippen LogP contribution in [0.1, 0.15) is 32.1 Å². The second kappa shape index (κ2) is 3.55. The molecule has 1 aliphatic carbocycles. The molecular formula is C9H18N2. The molecule has 0 spiro atoms. The van der Waals surface area contributed by atoms with Gasteiger partial charge in [0.2, 0.25) is 0 Å². The summed E-state index contributed by atoms with van der Waals surface area (Å²) in [6.45, 7) is 3.75. The molecule has 2 rings (SSSR count). The fourth-order valence-corrected chi connectivity index (χ4v) is 1.90. The summed E-state index contributed by atoms with van der Waals surface area (Å²) in [6, 6.07) is 0. The number of hydrogen-bond acceptors (Lipinski definition) is 2. The summed E-state index contributed by atoms with van der Waals surface area (Å²) >= 11 is 0. The van der Waals surface area contributed by atoms with Crippen molar-refractivity contribution >= 4 is 0 Å².